The lowest BCUT2D eigenvalue weighted by Crippen LogP contribution is -2.45. The van der Waals surface area contributed by atoms with Gasteiger partial charge in [0.15, 0.2) is 11.3 Å². The van der Waals surface area contributed by atoms with Crippen LogP contribution >= 0.6 is 0 Å². The Balaban J connectivity index is 1.75. The lowest BCUT2D eigenvalue weighted by atomic mass is 9.87. The van der Waals surface area contributed by atoms with Crippen molar-refractivity contribution in [3.05, 3.63) is 102 Å². The van der Waals surface area contributed by atoms with Crippen molar-refractivity contribution < 1.29 is 9.63 Å². The average Bonchev–Trinajstić information content (AvgIpc) is 2.90. The van der Waals surface area contributed by atoms with Crippen molar-refractivity contribution in [1.82, 2.24) is 0 Å². The maximum absolute atomic E-state index is 13.2. The van der Waals surface area contributed by atoms with Crippen molar-refractivity contribution in [2.75, 3.05) is 5.06 Å². The summed E-state index contributed by atoms with van der Waals surface area (Å²) in [5, 5.41) is 1.77. The van der Waals surface area contributed by atoms with E-state index in [9.17, 15) is 4.79 Å². The Bertz CT molecular complexity index is 892. The first-order valence-electron chi connectivity index (χ1n) is 8.37. The van der Waals surface area contributed by atoms with Crippen LogP contribution < -0.4 is 5.06 Å². The molecule has 0 N–H and O–H groups in total. The molecule has 0 saturated heterocycles. The Morgan fingerprint density at radius 1 is 0.840 bits per heavy atom. The second-order valence-corrected chi connectivity index (χ2v) is 6.34. The van der Waals surface area contributed by atoms with Gasteiger partial charge in [0.1, 0.15) is 0 Å². The molecule has 3 aromatic carbocycles. The number of anilines is 1. The second-order valence-electron chi connectivity index (χ2n) is 6.34. The molecule has 0 bridgehead atoms. The van der Waals surface area contributed by atoms with Gasteiger partial charge in [-0.05, 0) is 30.2 Å². The topological polar surface area (TPSA) is 29.5 Å². The fourth-order valence-electron chi connectivity index (χ4n) is 3.36. The number of carbonyl (C=O) groups is 1. The molecule has 1 heterocycles. The van der Waals surface area contributed by atoms with Gasteiger partial charge in [0.05, 0.1) is 12.3 Å². The largest absolute Gasteiger partial charge is 0.291 e. The number of nitrogens with zero attached hydrogens (tertiary/aromatic N) is 1. The van der Waals surface area contributed by atoms with Gasteiger partial charge in [-0.15, -0.1) is 0 Å². The van der Waals surface area contributed by atoms with Crippen LogP contribution in [0.15, 0.2) is 84.9 Å². The minimum Gasteiger partial charge on any atom is -0.291 e. The highest BCUT2D eigenvalue weighted by Gasteiger charge is 2.50. The third-order valence-electron chi connectivity index (χ3n) is 4.75. The Morgan fingerprint density at radius 3 is 2.16 bits per heavy atom. The number of ketones is 1. The van der Waals surface area contributed by atoms with Crippen molar-refractivity contribution in [3.63, 3.8) is 0 Å². The summed E-state index contributed by atoms with van der Waals surface area (Å²) in [7, 11) is 0. The van der Waals surface area contributed by atoms with E-state index in [4.69, 9.17) is 4.84 Å². The molecule has 4 rings (SSSR count). The van der Waals surface area contributed by atoms with Crippen LogP contribution in [0.2, 0.25) is 0 Å². The number of rotatable bonds is 4. The molecule has 3 nitrogen and oxygen atoms in total. The molecule has 0 radical (unpaired) electrons. The molecule has 1 aliphatic heterocycles. The first-order chi connectivity index (χ1) is 12.2. The molecule has 3 aromatic rings. The Hall–Kier alpha value is -2.91. The minimum atomic E-state index is -0.875. The van der Waals surface area contributed by atoms with E-state index >= 15 is 0 Å². The van der Waals surface area contributed by atoms with Crippen LogP contribution in [-0.4, -0.2) is 5.78 Å². The summed E-state index contributed by atoms with van der Waals surface area (Å²) in [5.74, 6) is 0.0577. The first kappa shape index (κ1) is 15.6. The summed E-state index contributed by atoms with van der Waals surface area (Å²) in [4.78, 5) is 19.4. The van der Waals surface area contributed by atoms with Crippen molar-refractivity contribution in [1.29, 1.82) is 0 Å². The van der Waals surface area contributed by atoms with Crippen LogP contribution in [0.1, 0.15) is 28.4 Å². The van der Waals surface area contributed by atoms with E-state index in [-0.39, 0.29) is 5.78 Å². The molecule has 0 saturated carbocycles. The van der Waals surface area contributed by atoms with Gasteiger partial charge in [0.2, 0.25) is 0 Å². The Labute approximate surface area is 147 Å². The van der Waals surface area contributed by atoms with Crippen LogP contribution in [-0.2, 0) is 17.0 Å². The summed E-state index contributed by atoms with van der Waals surface area (Å²) in [6.45, 7) is 2.33. The summed E-state index contributed by atoms with van der Waals surface area (Å²) < 4.78 is 0. The molecule has 0 aliphatic carbocycles. The van der Waals surface area contributed by atoms with Crippen molar-refractivity contribution in [2.45, 2.75) is 19.1 Å². The summed E-state index contributed by atoms with van der Waals surface area (Å²) in [6, 6.07) is 27.4. The van der Waals surface area contributed by atoms with Crippen molar-refractivity contribution >= 4 is 11.5 Å². The lowest BCUT2D eigenvalue weighted by molar-refractivity contribution is 0.0439. The summed E-state index contributed by atoms with van der Waals surface area (Å²) in [5.41, 5.74) is 2.62. The second kappa shape index (κ2) is 6.19. The Kier molecular flexibility index (Phi) is 3.86. The van der Waals surface area contributed by atoms with E-state index in [1.165, 1.54) is 0 Å². The molecule has 0 fully saturated rings. The molecule has 1 aliphatic rings. The van der Waals surface area contributed by atoms with E-state index in [0.717, 1.165) is 16.8 Å². The monoisotopic (exact) mass is 329 g/mol. The molecule has 0 aromatic heterocycles. The van der Waals surface area contributed by atoms with Gasteiger partial charge in [-0.2, -0.15) is 0 Å². The molecule has 3 heteroatoms. The number of hydrogen-bond acceptors (Lipinski definition) is 3. The van der Waals surface area contributed by atoms with Gasteiger partial charge in [-0.25, -0.2) is 5.06 Å². The van der Waals surface area contributed by atoms with Gasteiger partial charge < -0.3 is 0 Å². The van der Waals surface area contributed by atoms with Crippen molar-refractivity contribution in [3.8, 4) is 0 Å². The number of hydroxylamine groups is 1. The highest BCUT2D eigenvalue weighted by molar-refractivity contribution is 6.13. The highest BCUT2D eigenvalue weighted by atomic mass is 16.7. The standard InChI is InChI=1S/C22H19NO2/c1-22(18-12-6-3-7-13-18)21(24)19-14-8-9-15-20(19)23(22)25-16-17-10-4-2-5-11-17/h2-15H,16H2,1H3. The number of benzene rings is 3. The fraction of sp³-hybridized carbons (Fsp3) is 0.136. The van der Waals surface area contributed by atoms with E-state index in [1.54, 1.807) is 5.06 Å². The number of carbonyl (C=O) groups excluding carboxylic acids is 1. The molecular formula is C22H19NO2. The smallest absolute Gasteiger partial charge is 0.197 e. The minimum absolute atomic E-state index is 0.0577. The number of Topliss-reactive ketones (excluding diaryl/α,β-unsaturated/α-hetero) is 1. The predicted molar refractivity (Wildman–Crippen MR) is 98.3 cm³/mol. The zero-order valence-corrected chi connectivity index (χ0v) is 14.1. The van der Waals surface area contributed by atoms with Gasteiger partial charge >= 0.3 is 0 Å². The number of para-hydroxylation sites is 1. The van der Waals surface area contributed by atoms with E-state index in [2.05, 4.69) is 0 Å². The van der Waals surface area contributed by atoms with Gasteiger partial charge in [0, 0.05) is 5.56 Å². The molecule has 25 heavy (non-hydrogen) atoms. The molecular weight excluding hydrogens is 310 g/mol. The molecule has 1 atom stereocenters. The Morgan fingerprint density at radius 2 is 1.44 bits per heavy atom. The predicted octanol–water partition coefficient (Wildman–Crippen LogP) is 4.74. The average molecular weight is 329 g/mol. The van der Waals surface area contributed by atoms with Crippen LogP contribution in [0.25, 0.3) is 0 Å². The molecule has 0 amide bonds. The summed E-state index contributed by atoms with van der Waals surface area (Å²) in [6.07, 6.45) is 0. The van der Waals surface area contributed by atoms with E-state index in [1.807, 2.05) is 91.9 Å². The van der Waals surface area contributed by atoms with E-state index < -0.39 is 5.54 Å². The molecule has 1 unspecified atom stereocenters. The summed E-state index contributed by atoms with van der Waals surface area (Å²) >= 11 is 0. The number of fused-ring (bicyclic) bond motifs is 1. The zero-order valence-electron chi connectivity index (χ0n) is 14.1. The van der Waals surface area contributed by atoms with Crippen LogP contribution in [0.4, 0.5) is 5.69 Å². The third-order valence-corrected chi connectivity index (χ3v) is 4.75. The van der Waals surface area contributed by atoms with Crippen LogP contribution in [0, 0.1) is 0 Å². The third kappa shape index (κ3) is 2.53. The SMILES string of the molecule is CC1(c2ccccc2)C(=O)c2ccccc2N1OCc1ccccc1. The van der Waals surface area contributed by atoms with Gasteiger partial charge in [0.25, 0.3) is 0 Å². The lowest BCUT2D eigenvalue weighted by Gasteiger charge is -2.35. The fourth-order valence-corrected chi connectivity index (χ4v) is 3.36. The zero-order chi connectivity index (χ0) is 17.3. The van der Waals surface area contributed by atoms with Crippen LogP contribution in [0.5, 0.6) is 0 Å². The highest BCUT2D eigenvalue weighted by Crippen LogP contribution is 2.45. The van der Waals surface area contributed by atoms with Gasteiger partial charge in [-0.1, -0.05) is 72.8 Å². The quantitative estimate of drug-likeness (QED) is 0.692. The normalized spacial score (nSPS) is 19.1. The maximum atomic E-state index is 13.2. The molecule has 0 spiro atoms. The van der Waals surface area contributed by atoms with E-state index in [0.29, 0.717) is 12.2 Å². The van der Waals surface area contributed by atoms with Gasteiger partial charge in [-0.3, -0.25) is 9.63 Å². The number of hydrogen-bond donors (Lipinski definition) is 0. The first-order valence-corrected chi connectivity index (χ1v) is 8.37. The maximum Gasteiger partial charge on any atom is 0.197 e. The van der Waals surface area contributed by atoms with Crippen molar-refractivity contribution in [2.24, 2.45) is 0 Å². The van der Waals surface area contributed by atoms with Crippen LogP contribution in [0.3, 0.4) is 0 Å². The molecule has 124 valence electrons.